The zero-order chi connectivity index (χ0) is 8.65. The third-order valence-corrected chi connectivity index (χ3v) is 3.29. The number of rotatable bonds is 1. The topological polar surface area (TPSA) is 71.4 Å². The van der Waals surface area contributed by atoms with Crippen LogP contribution >= 0.6 is 0 Å². The molecule has 64 valence electrons. The summed E-state index contributed by atoms with van der Waals surface area (Å²) in [5.74, 6) is -3.95. The molecule has 1 fully saturated rings. The van der Waals surface area contributed by atoms with E-state index in [9.17, 15) is 17.6 Å². The molecule has 1 aliphatic rings. The molecule has 6 heteroatoms. The quantitative estimate of drug-likeness (QED) is 0.590. The number of sulfone groups is 1. The Labute approximate surface area is 62.9 Å². The molecular weight excluding hydrogens is 175 g/mol. The van der Waals surface area contributed by atoms with Crippen molar-refractivity contribution in [2.24, 2.45) is 5.92 Å². The average molecular weight is 182 g/mol. The standard InChI is InChI=1S/C5H7FO4S/c6-4-2-11(9,10)1-3(4)5(7)8/h3-4H,1-2H2,(H,7,8)/t3-,4-/m1/s1. The molecule has 0 saturated carbocycles. The van der Waals surface area contributed by atoms with Gasteiger partial charge in [-0.2, -0.15) is 0 Å². The molecule has 0 bridgehead atoms. The van der Waals surface area contributed by atoms with Crippen molar-refractivity contribution < 1.29 is 22.7 Å². The van der Waals surface area contributed by atoms with E-state index in [0.29, 0.717) is 0 Å². The molecular formula is C5H7FO4S. The monoisotopic (exact) mass is 182 g/mol. The van der Waals surface area contributed by atoms with E-state index in [1.807, 2.05) is 0 Å². The lowest BCUT2D eigenvalue weighted by Crippen LogP contribution is -2.22. The average Bonchev–Trinajstić information content (AvgIpc) is 2.05. The molecule has 4 nitrogen and oxygen atoms in total. The van der Waals surface area contributed by atoms with Crippen LogP contribution in [-0.2, 0) is 14.6 Å². The predicted molar refractivity (Wildman–Crippen MR) is 34.7 cm³/mol. The van der Waals surface area contributed by atoms with E-state index < -0.39 is 39.4 Å². The summed E-state index contributed by atoms with van der Waals surface area (Å²) < 4.78 is 33.9. The Morgan fingerprint density at radius 2 is 2.00 bits per heavy atom. The van der Waals surface area contributed by atoms with Gasteiger partial charge in [0.25, 0.3) is 0 Å². The number of hydrogen-bond donors (Lipinski definition) is 1. The van der Waals surface area contributed by atoms with Crippen LogP contribution in [0.4, 0.5) is 4.39 Å². The van der Waals surface area contributed by atoms with Gasteiger partial charge in [-0.05, 0) is 0 Å². The van der Waals surface area contributed by atoms with E-state index >= 15 is 0 Å². The van der Waals surface area contributed by atoms with Crippen molar-refractivity contribution in [1.82, 2.24) is 0 Å². The number of alkyl halides is 1. The highest BCUT2D eigenvalue weighted by Crippen LogP contribution is 2.21. The van der Waals surface area contributed by atoms with Crippen molar-refractivity contribution in [2.75, 3.05) is 11.5 Å². The van der Waals surface area contributed by atoms with Crippen LogP contribution in [0.2, 0.25) is 0 Å². The second kappa shape index (κ2) is 2.44. The highest BCUT2D eigenvalue weighted by Gasteiger charge is 2.42. The van der Waals surface area contributed by atoms with Gasteiger partial charge in [-0.1, -0.05) is 0 Å². The van der Waals surface area contributed by atoms with Crippen LogP contribution < -0.4 is 0 Å². The Balaban J connectivity index is 2.83. The summed E-state index contributed by atoms with van der Waals surface area (Å²) in [5, 5.41) is 8.31. The zero-order valence-electron chi connectivity index (χ0n) is 5.53. The molecule has 1 rings (SSSR count). The van der Waals surface area contributed by atoms with E-state index in [2.05, 4.69) is 0 Å². The lowest BCUT2D eigenvalue weighted by atomic mass is 10.1. The highest BCUT2D eigenvalue weighted by atomic mass is 32.2. The van der Waals surface area contributed by atoms with Crippen molar-refractivity contribution in [1.29, 1.82) is 0 Å². The van der Waals surface area contributed by atoms with Crippen molar-refractivity contribution in [3.8, 4) is 0 Å². The van der Waals surface area contributed by atoms with Crippen molar-refractivity contribution in [3.05, 3.63) is 0 Å². The van der Waals surface area contributed by atoms with Crippen LogP contribution in [0, 0.1) is 5.92 Å². The maximum absolute atomic E-state index is 12.6. The molecule has 0 aromatic carbocycles. The normalized spacial score (nSPS) is 35.4. The largest absolute Gasteiger partial charge is 0.481 e. The molecule has 0 unspecified atom stereocenters. The van der Waals surface area contributed by atoms with Gasteiger partial charge in [0.15, 0.2) is 9.84 Å². The van der Waals surface area contributed by atoms with Gasteiger partial charge in [0.1, 0.15) is 12.1 Å². The van der Waals surface area contributed by atoms with E-state index in [1.54, 1.807) is 0 Å². The molecule has 0 aliphatic carbocycles. The Bertz CT molecular complexity index is 270. The van der Waals surface area contributed by atoms with Gasteiger partial charge < -0.3 is 5.11 Å². The molecule has 11 heavy (non-hydrogen) atoms. The minimum absolute atomic E-state index is 0.566. The predicted octanol–water partition coefficient (Wildman–Crippen LogP) is -0.546. The smallest absolute Gasteiger partial charge is 0.310 e. The fourth-order valence-corrected chi connectivity index (χ4v) is 2.78. The molecule has 2 atom stereocenters. The fraction of sp³-hybridized carbons (Fsp3) is 0.800. The summed E-state index contributed by atoms with van der Waals surface area (Å²) >= 11 is 0. The first-order valence-corrected chi connectivity index (χ1v) is 4.82. The Kier molecular flexibility index (Phi) is 1.87. The molecule has 1 N–H and O–H groups in total. The summed E-state index contributed by atoms with van der Waals surface area (Å²) in [7, 11) is -3.45. The zero-order valence-corrected chi connectivity index (χ0v) is 6.34. The number of carboxylic acids is 1. The Morgan fingerprint density at radius 3 is 2.18 bits per heavy atom. The third kappa shape index (κ3) is 1.68. The molecule has 1 aliphatic heterocycles. The number of hydrogen-bond acceptors (Lipinski definition) is 3. The maximum Gasteiger partial charge on any atom is 0.310 e. The van der Waals surface area contributed by atoms with Crippen LogP contribution in [0.1, 0.15) is 0 Å². The summed E-state index contributed by atoms with van der Waals surface area (Å²) in [6.45, 7) is 0. The first-order chi connectivity index (χ1) is 4.92. The third-order valence-electron chi connectivity index (χ3n) is 1.60. The van der Waals surface area contributed by atoms with Crippen LogP contribution in [0.3, 0.4) is 0 Å². The SMILES string of the molecule is O=C(O)[C@@H]1CS(=O)(=O)C[C@H]1F. The highest BCUT2D eigenvalue weighted by molar-refractivity contribution is 7.91. The van der Waals surface area contributed by atoms with Crippen molar-refractivity contribution >= 4 is 15.8 Å². The van der Waals surface area contributed by atoms with Gasteiger partial charge in [0.05, 0.1) is 11.5 Å². The van der Waals surface area contributed by atoms with Crippen molar-refractivity contribution in [3.63, 3.8) is 0 Å². The second-order valence-corrected chi connectivity index (χ2v) is 4.69. The van der Waals surface area contributed by atoms with E-state index in [-0.39, 0.29) is 0 Å². The van der Waals surface area contributed by atoms with Gasteiger partial charge >= 0.3 is 5.97 Å². The van der Waals surface area contributed by atoms with Crippen LogP contribution in [0.5, 0.6) is 0 Å². The number of carboxylic acid groups (broad SMARTS) is 1. The molecule has 0 aromatic heterocycles. The van der Waals surface area contributed by atoms with Gasteiger partial charge in [-0.3, -0.25) is 4.79 Å². The fourth-order valence-electron chi connectivity index (χ4n) is 1.03. The van der Waals surface area contributed by atoms with E-state index in [1.165, 1.54) is 0 Å². The Hall–Kier alpha value is -0.650. The molecule has 0 spiro atoms. The summed E-state index contributed by atoms with van der Waals surface area (Å²) in [6, 6.07) is 0. The van der Waals surface area contributed by atoms with Gasteiger partial charge in [-0.25, -0.2) is 12.8 Å². The van der Waals surface area contributed by atoms with Crippen LogP contribution in [0.25, 0.3) is 0 Å². The van der Waals surface area contributed by atoms with Gasteiger partial charge in [0.2, 0.25) is 0 Å². The number of halogens is 1. The van der Waals surface area contributed by atoms with Gasteiger partial charge in [0, 0.05) is 0 Å². The molecule has 0 aromatic rings. The number of carbonyl (C=O) groups is 1. The van der Waals surface area contributed by atoms with E-state index in [0.717, 1.165) is 0 Å². The van der Waals surface area contributed by atoms with Crippen LogP contribution in [0.15, 0.2) is 0 Å². The van der Waals surface area contributed by atoms with Crippen molar-refractivity contribution in [2.45, 2.75) is 6.17 Å². The number of aliphatic carboxylic acids is 1. The minimum atomic E-state index is -3.45. The Morgan fingerprint density at radius 1 is 1.45 bits per heavy atom. The summed E-state index contributed by atoms with van der Waals surface area (Å²) in [4.78, 5) is 10.2. The lowest BCUT2D eigenvalue weighted by Gasteiger charge is -2.01. The summed E-state index contributed by atoms with van der Waals surface area (Å²) in [6.07, 6.45) is -1.74. The summed E-state index contributed by atoms with van der Waals surface area (Å²) in [5.41, 5.74) is 0. The molecule has 0 amide bonds. The second-order valence-electron chi connectivity index (χ2n) is 2.54. The first-order valence-electron chi connectivity index (χ1n) is 3.00. The lowest BCUT2D eigenvalue weighted by molar-refractivity contribution is -0.142. The van der Waals surface area contributed by atoms with Gasteiger partial charge in [-0.15, -0.1) is 0 Å². The van der Waals surface area contributed by atoms with E-state index in [4.69, 9.17) is 5.11 Å². The molecule has 1 heterocycles. The minimum Gasteiger partial charge on any atom is -0.481 e. The van der Waals surface area contributed by atoms with Crippen LogP contribution in [-0.4, -0.2) is 37.2 Å². The first kappa shape index (κ1) is 8.45. The molecule has 0 radical (unpaired) electrons. The molecule has 1 saturated heterocycles. The maximum atomic E-state index is 12.6.